The van der Waals surface area contributed by atoms with Gasteiger partial charge in [-0.05, 0) is 12.1 Å². The molecule has 0 aliphatic rings. The Kier molecular flexibility index (Phi) is 2.41. The molecule has 1 aromatic carbocycles. The monoisotopic (exact) mass is 246 g/mol. The van der Waals surface area contributed by atoms with Crippen molar-refractivity contribution < 1.29 is 17.9 Å². The largest absolute Gasteiger partial charge is 0.573 e. The number of aromatic nitrogens is 2. The minimum atomic E-state index is -4.82. The minimum absolute atomic E-state index is 0.0273. The van der Waals surface area contributed by atoms with Crippen LogP contribution in [0.2, 0.25) is 0 Å². The number of halogens is 3. The van der Waals surface area contributed by atoms with Crippen LogP contribution in [-0.2, 0) is 0 Å². The number of alkyl halides is 3. The standard InChI is InChI=1S/C9H5F3N2O3/c10-9(11,12)17-4-1-2-5-6(3-4)13-8(16)14-7(5)15/h1-3H,(H2,13,14,15,16). The van der Waals surface area contributed by atoms with Crippen LogP contribution < -0.4 is 16.0 Å². The lowest BCUT2D eigenvalue weighted by Crippen LogP contribution is -2.22. The van der Waals surface area contributed by atoms with E-state index in [9.17, 15) is 22.8 Å². The van der Waals surface area contributed by atoms with E-state index < -0.39 is 23.4 Å². The predicted molar refractivity (Wildman–Crippen MR) is 51.9 cm³/mol. The van der Waals surface area contributed by atoms with Crippen molar-refractivity contribution in [2.24, 2.45) is 0 Å². The Morgan fingerprint density at radius 2 is 1.82 bits per heavy atom. The van der Waals surface area contributed by atoms with Gasteiger partial charge in [0.15, 0.2) is 0 Å². The van der Waals surface area contributed by atoms with Crippen LogP contribution in [-0.4, -0.2) is 16.3 Å². The maximum Gasteiger partial charge on any atom is 0.573 e. The van der Waals surface area contributed by atoms with E-state index >= 15 is 0 Å². The molecule has 1 heterocycles. The summed E-state index contributed by atoms with van der Waals surface area (Å²) in [5.41, 5.74) is -1.51. The molecule has 1 aromatic heterocycles. The molecule has 8 heteroatoms. The summed E-state index contributed by atoms with van der Waals surface area (Å²) in [6.45, 7) is 0. The van der Waals surface area contributed by atoms with E-state index in [-0.39, 0.29) is 10.9 Å². The van der Waals surface area contributed by atoms with Crippen LogP contribution in [0.4, 0.5) is 13.2 Å². The van der Waals surface area contributed by atoms with Crippen LogP contribution in [0.25, 0.3) is 10.9 Å². The Balaban J connectivity index is 2.58. The van der Waals surface area contributed by atoms with Gasteiger partial charge in [0.05, 0.1) is 10.9 Å². The van der Waals surface area contributed by atoms with Crippen molar-refractivity contribution >= 4 is 10.9 Å². The number of fused-ring (bicyclic) bond motifs is 1. The first-order chi connectivity index (χ1) is 7.85. The van der Waals surface area contributed by atoms with Crippen LogP contribution in [0.3, 0.4) is 0 Å². The number of rotatable bonds is 1. The summed E-state index contributed by atoms with van der Waals surface area (Å²) < 4.78 is 39.5. The third kappa shape index (κ3) is 2.47. The van der Waals surface area contributed by atoms with Gasteiger partial charge in [-0.25, -0.2) is 4.79 Å². The summed E-state index contributed by atoms with van der Waals surface area (Å²) in [6, 6.07) is 3.05. The van der Waals surface area contributed by atoms with Crippen LogP contribution in [0.1, 0.15) is 0 Å². The second-order valence-corrected chi connectivity index (χ2v) is 3.16. The first-order valence-corrected chi connectivity index (χ1v) is 4.37. The summed E-state index contributed by atoms with van der Waals surface area (Å²) in [5.74, 6) is -0.508. The molecule has 0 aliphatic carbocycles. The van der Waals surface area contributed by atoms with E-state index in [1.54, 1.807) is 0 Å². The Hall–Kier alpha value is -2.25. The highest BCUT2D eigenvalue weighted by Gasteiger charge is 2.31. The van der Waals surface area contributed by atoms with Gasteiger partial charge >= 0.3 is 12.1 Å². The molecule has 0 bridgehead atoms. The van der Waals surface area contributed by atoms with Gasteiger partial charge in [-0.15, -0.1) is 13.2 Å². The predicted octanol–water partition coefficient (Wildman–Crippen LogP) is 1.11. The second kappa shape index (κ2) is 3.65. The molecule has 90 valence electrons. The second-order valence-electron chi connectivity index (χ2n) is 3.16. The fourth-order valence-corrected chi connectivity index (χ4v) is 1.35. The highest BCUT2D eigenvalue weighted by atomic mass is 19.4. The third-order valence-electron chi connectivity index (χ3n) is 1.94. The molecule has 17 heavy (non-hydrogen) atoms. The molecule has 0 atom stereocenters. The minimum Gasteiger partial charge on any atom is -0.406 e. The molecular weight excluding hydrogens is 241 g/mol. The number of aromatic amines is 2. The zero-order chi connectivity index (χ0) is 12.6. The highest BCUT2D eigenvalue weighted by Crippen LogP contribution is 2.24. The highest BCUT2D eigenvalue weighted by molar-refractivity contribution is 5.78. The topological polar surface area (TPSA) is 74.9 Å². The van der Waals surface area contributed by atoms with Gasteiger partial charge in [-0.3, -0.25) is 9.78 Å². The quantitative estimate of drug-likeness (QED) is 0.791. The maximum absolute atomic E-state index is 11.9. The van der Waals surface area contributed by atoms with E-state index in [0.717, 1.165) is 18.2 Å². The van der Waals surface area contributed by atoms with Crippen molar-refractivity contribution in [1.29, 1.82) is 0 Å². The van der Waals surface area contributed by atoms with Gasteiger partial charge in [-0.2, -0.15) is 0 Å². The van der Waals surface area contributed by atoms with Crippen molar-refractivity contribution in [3.05, 3.63) is 39.0 Å². The summed E-state index contributed by atoms with van der Waals surface area (Å²) >= 11 is 0. The van der Waals surface area contributed by atoms with Crippen LogP contribution >= 0.6 is 0 Å². The lowest BCUT2D eigenvalue weighted by atomic mass is 10.2. The van der Waals surface area contributed by atoms with Crippen molar-refractivity contribution in [3.8, 4) is 5.75 Å². The molecule has 0 saturated heterocycles. The molecule has 0 saturated carbocycles. The molecule has 0 spiro atoms. The lowest BCUT2D eigenvalue weighted by molar-refractivity contribution is -0.274. The fourth-order valence-electron chi connectivity index (χ4n) is 1.35. The zero-order valence-electron chi connectivity index (χ0n) is 8.09. The summed E-state index contributed by atoms with van der Waals surface area (Å²) in [7, 11) is 0. The summed E-state index contributed by atoms with van der Waals surface area (Å²) in [6.07, 6.45) is -4.82. The van der Waals surface area contributed by atoms with Crippen LogP contribution in [0, 0.1) is 0 Å². The number of hydrogen-bond acceptors (Lipinski definition) is 3. The maximum atomic E-state index is 11.9. The molecule has 0 aliphatic heterocycles. The summed E-state index contributed by atoms with van der Waals surface area (Å²) in [4.78, 5) is 26.3. The SMILES string of the molecule is O=c1[nH]c(=O)c2ccc(OC(F)(F)F)cc2[nH]1. The normalized spacial score (nSPS) is 11.7. The van der Waals surface area contributed by atoms with Crippen molar-refractivity contribution in [1.82, 2.24) is 9.97 Å². The van der Waals surface area contributed by atoms with E-state index in [2.05, 4.69) is 9.72 Å². The van der Waals surface area contributed by atoms with E-state index in [1.807, 2.05) is 4.98 Å². The van der Waals surface area contributed by atoms with Gasteiger partial charge in [0.2, 0.25) is 0 Å². The molecular formula is C9H5F3N2O3. The Labute approximate surface area is 90.9 Å². The number of benzene rings is 1. The first kappa shape index (κ1) is 11.2. The fraction of sp³-hybridized carbons (Fsp3) is 0.111. The molecule has 0 unspecified atom stereocenters. The molecule has 5 nitrogen and oxygen atoms in total. The van der Waals surface area contributed by atoms with Crippen LogP contribution in [0.15, 0.2) is 27.8 Å². The molecule has 2 N–H and O–H groups in total. The molecule has 0 amide bonds. The van der Waals surface area contributed by atoms with E-state index in [1.165, 1.54) is 0 Å². The van der Waals surface area contributed by atoms with Crippen molar-refractivity contribution in [2.75, 3.05) is 0 Å². The average molecular weight is 246 g/mol. The van der Waals surface area contributed by atoms with Gasteiger partial charge in [0.1, 0.15) is 5.75 Å². The number of H-pyrrole nitrogens is 2. The lowest BCUT2D eigenvalue weighted by Gasteiger charge is -2.08. The zero-order valence-corrected chi connectivity index (χ0v) is 8.09. The average Bonchev–Trinajstić information content (AvgIpc) is 2.13. The van der Waals surface area contributed by atoms with E-state index in [0.29, 0.717) is 0 Å². The molecule has 2 aromatic rings. The molecule has 0 radical (unpaired) electrons. The number of ether oxygens (including phenoxy) is 1. The van der Waals surface area contributed by atoms with E-state index in [4.69, 9.17) is 0 Å². The van der Waals surface area contributed by atoms with Gasteiger partial charge in [0, 0.05) is 6.07 Å². The van der Waals surface area contributed by atoms with Gasteiger partial charge < -0.3 is 9.72 Å². The third-order valence-corrected chi connectivity index (χ3v) is 1.94. The summed E-state index contributed by atoms with van der Waals surface area (Å²) in [5, 5.41) is 0.0686. The van der Waals surface area contributed by atoms with Gasteiger partial charge in [-0.1, -0.05) is 0 Å². The van der Waals surface area contributed by atoms with Crippen molar-refractivity contribution in [2.45, 2.75) is 6.36 Å². The number of hydrogen-bond donors (Lipinski definition) is 2. The molecule has 2 rings (SSSR count). The Morgan fingerprint density at radius 1 is 1.12 bits per heavy atom. The molecule has 0 fully saturated rings. The smallest absolute Gasteiger partial charge is 0.406 e. The van der Waals surface area contributed by atoms with Crippen molar-refractivity contribution in [3.63, 3.8) is 0 Å². The first-order valence-electron chi connectivity index (χ1n) is 4.37. The number of nitrogens with one attached hydrogen (secondary N) is 2. The Morgan fingerprint density at radius 3 is 2.47 bits per heavy atom. The van der Waals surface area contributed by atoms with Crippen LogP contribution in [0.5, 0.6) is 5.75 Å². The van der Waals surface area contributed by atoms with Gasteiger partial charge in [0.25, 0.3) is 5.56 Å². The Bertz CT molecular complexity index is 671.